The number of ether oxygens (including phenoxy) is 1. The van der Waals surface area contributed by atoms with E-state index in [1.165, 1.54) is 7.11 Å². The van der Waals surface area contributed by atoms with Gasteiger partial charge in [-0.1, -0.05) is 19.3 Å². The standard InChI is InChI=1S/C10H16O4/c1-14-10(13)8-6-4-2-3-5-7(8)9(11)12/h7-8H,2-6H2,1H3,(H,11,12). The van der Waals surface area contributed by atoms with Gasteiger partial charge >= 0.3 is 11.9 Å². The Balaban J connectivity index is 2.73. The molecule has 0 aromatic rings. The molecule has 1 aliphatic rings. The summed E-state index contributed by atoms with van der Waals surface area (Å²) < 4.78 is 4.62. The molecule has 1 fully saturated rings. The molecule has 1 aliphatic carbocycles. The average Bonchev–Trinajstić information content (AvgIpc) is 2.41. The molecule has 2 atom stereocenters. The van der Waals surface area contributed by atoms with Crippen LogP contribution in [0.3, 0.4) is 0 Å². The lowest BCUT2D eigenvalue weighted by Gasteiger charge is -2.18. The first-order valence-corrected chi connectivity index (χ1v) is 4.97. The number of carbonyl (C=O) groups excluding carboxylic acids is 1. The molecule has 0 spiro atoms. The minimum atomic E-state index is -0.873. The quantitative estimate of drug-likeness (QED) is 0.541. The summed E-state index contributed by atoms with van der Waals surface area (Å²) in [4.78, 5) is 22.3. The second kappa shape index (κ2) is 4.98. The molecule has 0 aromatic heterocycles. The number of carboxylic acid groups (broad SMARTS) is 1. The lowest BCUT2D eigenvalue weighted by atomic mass is 9.88. The van der Waals surface area contributed by atoms with E-state index >= 15 is 0 Å². The number of hydrogen-bond acceptors (Lipinski definition) is 3. The fourth-order valence-corrected chi connectivity index (χ4v) is 2.04. The van der Waals surface area contributed by atoms with E-state index in [0.29, 0.717) is 12.8 Å². The van der Waals surface area contributed by atoms with Crippen LogP contribution in [0.1, 0.15) is 32.1 Å². The zero-order valence-corrected chi connectivity index (χ0v) is 8.36. The van der Waals surface area contributed by atoms with Gasteiger partial charge in [-0.2, -0.15) is 0 Å². The van der Waals surface area contributed by atoms with Crippen LogP contribution in [0.5, 0.6) is 0 Å². The van der Waals surface area contributed by atoms with Gasteiger partial charge < -0.3 is 9.84 Å². The third kappa shape index (κ3) is 2.47. The van der Waals surface area contributed by atoms with Gasteiger partial charge in [0, 0.05) is 0 Å². The molecule has 14 heavy (non-hydrogen) atoms. The normalized spacial score (nSPS) is 27.8. The summed E-state index contributed by atoms with van der Waals surface area (Å²) >= 11 is 0. The summed E-state index contributed by atoms with van der Waals surface area (Å²) in [6.45, 7) is 0. The Morgan fingerprint density at radius 1 is 1.14 bits per heavy atom. The van der Waals surface area contributed by atoms with Gasteiger partial charge in [-0.15, -0.1) is 0 Å². The Morgan fingerprint density at radius 2 is 1.71 bits per heavy atom. The zero-order valence-electron chi connectivity index (χ0n) is 8.36. The maximum Gasteiger partial charge on any atom is 0.309 e. The molecule has 0 heterocycles. The highest BCUT2D eigenvalue weighted by atomic mass is 16.5. The SMILES string of the molecule is COC(=O)C1CCCCCC1C(=O)O. The van der Waals surface area contributed by atoms with Gasteiger partial charge in [-0.3, -0.25) is 9.59 Å². The van der Waals surface area contributed by atoms with E-state index in [-0.39, 0.29) is 5.97 Å². The van der Waals surface area contributed by atoms with Gasteiger partial charge in [-0.25, -0.2) is 0 Å². The predicted octanol–water partition coefficient (Wildman–Crippen LogP) is 1.44. The minimum Gasteiger partial charge on any atom is -0.481 e. The topological polar surface area (TPSA) is 63.6 Å². The van der Waals surface area contributed by atoms with Crippen LogP contribution in [0.15, 0.2) is 0 Å². The van der Waals surface area contributed by atoms with Crippen molar-refractivity contribution in [3.05, 3.63) is 0 Å². The van der Waals surface area contributed by atoms with Crippen LogP contribution in [0.25, 0.3) is 0 Å². The summed E-state index contributed by atoms with van der Waals surface area (Å²) in [5.74, 6) is -2.24. The van der Waals surface area contributed by atoms with E-state index < -0.39 is 17.8 Å². The molecule has 2 unspecified atom stereocenters. The number of hydrogen-bond donors (Lipinski definition) is 1. The summed E-state index contributed by atoms with van der Waals surface area (Å²) in [5.41, 5.74) is 0. The third-order valence-corrected chi connectivity index (χ3v) is 2.84. The molecular formula is C10H16O4. The summed E-state index contributed by atoms with van der Waals surface area (Å²) in [6, 6.07) is 0. The van der Waals surface area contributed by atoms with Gasteiger partial charge in [0.15, 0.2) is 0 Å². The molecule has 1 rings (SSSR count). The molecule has 0 amide bonds. The monoisotopic (exact) mass is 200 g/mol. The fraction of sp³-hybridized carbons (Fsp3) is 0.800. The van der Waals surface area contributed by atoms with Crippen molar-refractivity contribution in [3.63, 3.8) is 0 Å². The van der Waals surface area contributed by atoms with Crippen molar-refractivity contribution in [1.29, 1.82) is 0 Å². The Morgan fingerprint density at radius 3 is 2.21 bits per heavy atom. The van der Waals surface area contributed by atoms with E-state index in [2.05, 4.69) is 4.74 Å². The Labute approximate surface area is 83.2 Å². The van der Waals surface area contributed by atoms with Crippen molar-refractivity contribution in [2.24, 2.45) is 11.8 Å². The molecule has 0 aliphatic heterocycles. The molecule has 0 bridgehead atoms. The summed E-state index contributed by atoms with van der Waals surface area (Å²) in [5, 5.41) is 8.97. The molecule has 1 N–H and O–H groups in total. The van der Waals surface area contributed by atoms with Gasteiger partial charge in [0.05, 0.1) is 18.9 Å². The number of carboxylic acids is 1. The number of aliphatic carboxylic acids is 1. The highest BCUT2D eigenvalue weighted by Crippen LogP contribution is 2.29. The third-order valence-electron chi connectivity index (χ3n) is 2.84. The lowest BCUT2D eigenvalue weighted by molar-refractivity contribution is -0.156. The fourth-order valence-electron chi connectivity index (χ4n) is 2.04. The van der Waals surface area contributed by atoms with Crippen LogP contribution >= 0.6 is 0 Å². The van der Waals surface area contributed by atoms with E-state index in [9.17, 15) is 9.59 Å². The average molecular weight is 200 g/mol. The van der Waals surface area contributed by atoms with Crippen molar-refractivity contribution >= 4 is 11.9 Å². The van der Waals surface area contributed by atoms with Crippen molar-refractivity contribution in [3.8, 4) is 0 Å². The van der Waals surface area contributed by atoms with Crippen LogP contribution in [0.2, 0.25) is 0 Å². The summed E-state index contributed by atoms with van der Waals surface area (Å²) in [6.07, 6.45) is 4.06. The van der Waals surface area contributed by atoms with Gasteiger partial charge in [0.1, 0.15) is 0 Å². The molecular weight excluding hydrogens is 184 g/mol. The van der Waals surface area contributed by atoms with E-state index in [1.54, 1.807) is 0 Å². The number of esters is 1. The van der Waals surface area contributed by atoms with Gasteiger partial charge in [0.2, 0.25) is 0 Å². The van der Waals surface area contributed by atoms with Crippen LogP contribution in [-0.2, 0) is 14.3 Å². The predicted molar refractivity (Wildman–Crippen MR) is 49.7 cm³/mol. The first-order valence-electron chi connectivity index (χ1n) is 4.97. The highest BCUT2D eigenvalue weighted by molar-refractivity contribution is 5.81. The number of carbonyl (C=O) groups is 2. The maximum atomic E-state index is 11.3. The molecule has 4 nitrogen and oxygen atoms in total. The first kappa shape index (κ1) is 11.0. The van der Waals surface area contributed by atoms with Crippen LogP contribution in [0.4, 0.5) is 0 Å². The molecule has 4 heteroatoms. The van der Waals surface area contributed by atoms with Crippen LogP contribution in [-0.4, -0.2) is 24.2 Å². The molecule has 0 aromatic carbocycles. The molecule has 1 saturated carbocycles. The second-order valence-electron chi connectivity index (χ2n) is 3.71. The smallest absolute Gasteiger partial charge is 0.309 e. The van der Waals surface area contributed by atoms with E-state index in [1.807, 2.05) is 0 Å². The van der Waals surface area contributed by atoms with Crippen molar-refractivity contribution in [2.45, 2.75) is 32.1 Å². The Hall–Kier alpha value is -1.06. The first-order chi connectivity index (χ1) is 6.66. The second-order valence-corrected chi connectivity index (χ2v) is 3.71. The molecule has 0 radical (unpaired) electrons. The minimum absolute atomic E-state index is 0.376. The summed E-state index contributed by atoms with van der Waals surface area (Å²) in [7, 11) is 1.31. The van der Waals surface area contributed by atoms with Gasteiger partial charge in [0.25, 0.3) is 0 Å². The highest BCUT2D eigenvalue weighted by Gasteiger charge is 2.35. The van der Waals surface area contributed by atoms with Crippen molar-refractivity contribution < 1.29 is 19.4 Å². The van der Waals surface area contributed by atoms with Crippen molar-refractivity contribution in [1.82, 2.24) is 0 Å². The Bertz CT molecular complexity index is 224. The lowest BCUT2D eigenvalue weighted by Crippen LogP contribution is -2.29. The van der Waals surface area contributed by atoms with Crippen LogP contribution in [0, 0.1) is 11.8 Å². The van der Waals surface area contributed by atoms with Crippen LogP contribution < -0.4 is 0 Å². The maximum absolute atomic E-state index is 11.3. The number of rotatable bonds is 2. The number of methoxy groups -OCH3 is 1. The Kier molecular flexibility index (Phi) is 3.92. The largest absolute Gasteiger partial charge is 0.481 e. The molecule has 0 saturated heterocycles. The van der Waals surface area contributed by atoms with E-state index in [4.69, 9.17) is 5.11 Å². The van der Waals surface area contributed by atoms with Gasteiger partial charge in [-0.05, 0) is 12.8 Å². The van der Waals surface area contributed by atoms with Crippen molar-refractivity contribution in [2.75, 3.05) is 7.11 Å². The zero-order chi connectivity index (χ0) is 10.6. The van der Waals surface area contributed by atoms with E-state index in [0.717, 1.165) is 19.3 Å². The molecule has 80 valence electrons.